The molecule has 0 aliphatic rings. The van der Waals surface area contributed by atoms with Crippen LogP contribution < -0.4 is 5.43 Å². The first-order valence-corrected chi connectivity index (χ1v) is 5.86. The lowest BCUT2D eigenvalue weighted by atomic mass is 10.1. The van der Waals surface area contributed by atoms with Crippen molar-refractivity contribution in [3.8, 4) is 5.69 Å². The van der Waals surface area contributed by atoms with Crippen LogP contribution in [-0.4, -0.2) is 9.49 Å². The van der Waals surface area contributed by atoms with Crippen LogP contribution in [-0.2, 0) is 0 Å². The highest BCUT2D eigenvalue weighted by Gasteiger charge is 2.11. The molecule has 1 aromatic carbocycles. The Balaban J connectivity index is 2.66. The van der Waals surface area contributed by atoms with Crippen molar-refractivity contribution in [1.82, 2.24) is 4.57 Å². The molecule has 0 amide bonds. The van der Waals surface area contributed by atoms with Gasteiger partial charge in [0, 0.05) is 41.3 Å². The molecule has 0 unspecified atom stereocenters. The lowest BCUT2D eigenvalue weighted by Crippen LogP contribution is -2.12. The fraction of sp³-hybridized carbons (Fsp3) is 0.214. The Morgan fingerprint density at radius 1 is 1.05 bits per heavy atom. The molecule has 1 heterocycles. The number of nitro groups is 1. The quantitative estimate of drug-likeness (QED) is 0.614. The molecule has 0 N–H and O–H groups in total. The zero-order valence-corrected chi connectivity index (χ0v) is 11.0. The largest absolute Gasteiger partial charge is 0.318 e. The number of aromatic nitrogens is 1. The summed E-state index contributed by atoms with van der Waals surface area (Å²) in [5.41, 5.74) is 3.29. The second-order valence-corrected chi connectivity index (χ2v) is 4.54. The summed E-state index contributed by atoms with van der Waals surface area (Å²) in [7, 11) is 0. The predicted molar refractivity (Wildman–Crippen MR) is 72.9 cm³/mol. The number of pyridine rings is 1. The van der Waals surface area contributed by atoms with Gasteiger partial charge in [-0.15, -0.1) is 0 Å². The van der Waals surface area contributed by atoms with Gasteiger partial charge in [0.05, 0.1) is 4.92 Å². The lowest BCUT2D eigenvalue weighted by molar-refractivity contribution is -0.384. The molecule has 1 aromatic heterocycles. The minimum absolute atomic E-state index is 0.0363. The summed E-state index contributed by atoms with van der Waals surface area (Å²) in [5, 5.41) is 10.7. The number of hydrogen-bond donors (Lipinski definition) is 0. The molecule has 0 spiro atoms. The lowest BCUT2D eigenvalue weighted by Gasteiger charge is -2.16. The van der Waals surface area contributed by atoms with Crippen LogP contribution in [0.3, 0.4) is 0 Å². The van der Waals surface area contributed by atoms with Gasteiger partial charge in [-0.2, -0.15) is 0 Å². The predicted octanol–water partition coefficient (Wildman–Crippen LogP) is 2.67. The number of nitro benzene ring substituents is 1. The van der Waals surface area contributed by atoms with Gasteiger partial charge in [-0.3, -0.25) is 14.9 Å². The van der Waals surface area contributed by atoms with Crippen LogP contribution in [0.1, 0.15) is 17.0 Å². The van der Waals surface area contributed by atoms with Crippen LogP contribution in [0, 0.1) is 30.9 Å². The normalized spacial score (nSPS) is 10.5. The van der Waals surface area contributed by atoms with Gasteiger partial charge in [0.1, 0.15) is 0 Å². The molecule has 5 nitrogen and oxygen atoms in total. The highest BCUT2D eigenvalue weighted by atomic mass is 16.6. The third-order valence-electron chi connectivity index (χ3n) is 3.04. The molecule has 0 radical (unpaired) electrons. The van der Waals surface area contributed by atoms with Crippen molar-refractivity contribution in [2.45, 2.75) is 20.8 Å². The van der Waals surface area contributed by atoms with Crippen molar-refractivity contribution in [2.75, 3.05) is 0 Å². The molecule has 0 aliphatic heterocycles. The zero-order chi connectivity index (χ0) is 14.2. The molecule has 0 saturated carbocycles. The van der Waals surface area contributed by atoms with Gasteiger partial charge in [0.2, 0.25) is 0 Å². The fourth-order valence-electron chi connectivity index (χ4n) is 2.24. The summed E-state index contributed by atoms with van der Waals surface area (Å²) in [6.45, 7) is 5.50. The number of hydrogen-bond acceptors (Lipinski definition) is 3. The van der Waals surface area contributed by atoms with Gasteiger partial charge >= 0.3 is 0 Å². The van der Waals surface area contributed by atoms with Crippen LogP contribution in [0.2, 0.25) is 0 Å². The molecule has 0 bridgehead atoms. The summed E-state index contributed by atoms with van der Waals surface area (Å²) < 4.78 is 1.92. The van der Waals surface area contributed by atoms with Gasteiger partial charge < -0.3 is 4.57 Å². The molecule has 2 aromatic rings. The van der Waals surface area contributed by atoms with E-state index in [-0.39, 0.29) is 11.1 Å². The van der Waals surface area contributed by atoms with E-state index in [1.54, 1.807) is 18.2 Å². The van der Waals surface area contributed by atoms with Crippen molar-refractivity contribution >= 4 is 5.69 Å². The highest BCUT2D eigenvalue weighted by Crippen LogP contribution is 2.22. The van der Waals surface area contributed by atoms with Gasteiger partial charge in [0.25, 0.3) is 5.69 Å². The van der Waals surface area contributed by atoms with Gasteiger partial charge in [-0.25, -0.2) is 0 Å². The van der Waals surface area contributed by atoms with Crippen LogP contribution in [0.25, 0.3) is 5.69 Å². The third kappa shape index (κ3) is 2.40. The first-order chi connectivity index (χ1) is 8.90. The van der Waals surface area contributed by atoms with E-state index < -0.39 is 4.92 Å². The summed E-state index contributed by atoms with van der Waals surface area (Å²) in [6.07, 6.45) is 0. The average molecular weight is 258 g/mol. The highest BCUT2D eigenvalue weighted by molar-refractivity contribution is 5.49. The number of rotatable bonds is 2. The Bertz CT molecular complexity index is 691. The smallest absolute Gasteiger partial charge is 0.269 e. The second-order valence-electron chi connectivity index (χ2n) is 4.54. The van der Waals surface area contributed by atoms with Crippen LogP contribution >= 0.6 is 0 Å². The summed E-state index contributed by atoms with van der Waals surface area (Å²) >= 11 is 0. The maximum Gasteiger partial charge on any atom is 0.269 e. The molecule has 0 fully saturated rings. The first-order valence-electron chi connectivity index (χ1n) is 5.86. The third-order valence-corrected chi connectivity index (χ3v) is 3.04. The van der Waals surface area contributed by atoms with Crippen LogP contribution in [0.4, 0.5) is 5.69 Å². The topological polar surface area (TPSA) is 65.1 Å². The van der Waals surface area contributed by atoms with E-state index in [4.69, 9.17) is 0 Å². The van der Waals surface area contributed by atoms with Crippen molar-refractivity contribution in [2.24, 2.45) is 0 Å². The molecule has 2 rings (SSSR count). The standard InChI is InChI=1S/C14H14N2O3/c1-9-6-12(16(18)19)4-5-14(9)15-10(2)7-13(17)8-11(15)3/h4-8H,1-3H3. The Morgan fingerprint density at radius 2 is 1.63 bits per heavy atom. The van der Waals surface area contributed by atoms with E-state index in [2.05, 4.69) is 0 Å². The van der Waals surface area contributed by atoms with Gasteiger partial charge in [-0.1, -0.05) is 0 Å². The van der Waals surface area contributed by atoms with E-state index in [9.17, 15) is 14.9 Å². The number of nitrogens with zero attached hydrogens (tertiary/aromatic N) is 2. The molecular formula is C14H14N2O3. The minimum Gasteiger partial charge on any atom is -0.318 e. The molecule has 0 aliphatic carbocycles. The van der Waals surface area contributed by atoms with Crippen LogP contribution in [0.5, 0.6) is 0 Å². The maximum absolute atomic E-state index is 11.4. The number of aryl methyl sites for hydroxylation is 3. The number of non-ortho nitro benzene ring substituents is 1. The fourth-order valence-corrected chi connectivity index (χ4v) is 2.24. The average Bonchev–Trinajstić information content (AvgIpc) is 2.29. The monoisotopic (exact) mass is 258 g/mol. The molecule has 5 heteroatoms. The van der Waals surface area contributed by atoms with Crippen molar-refractivity contribution in [3.05, 3.63) is 67.6 Å². The summed E-state index contributed by atoms with van der Waals surface area (Å²) in [5.74, 6) is 0. The van der Waals surface area contributed by atoms with Gasteiger partial charge in [-0.05, 0) is 32.4 Å². The Labute approximate surface area is 110 Å². The number of benzene rings is 1. The van der Waals surface area contributed by atoms with Crippen LogP contribution in [0.15, 0.2) is 35.1 Å². The first kappa shape index (κ1) is 13.0. The van der Waals surface area contributed by atoms with Crippen molar-refractivity contribution < 1.29 is 4.92 Å². The molecule has 0 atom stereocenters. The zero-order valence-electron chi connectivity index (χ0n) is 11.0. The van der Waals surface area contributed by atoms with E-state index in [1.165, 1.54) is 12.1 Å². The SMILES string of the molecule is Cc1cc([N+](=O)[O-])ccc1-n1c(C)cc(=O)cc1C. The van der Waals surface area contributed by atoms with Crippen molar-refractivity contribution in [3.63, 3.8) is 0 Å². The molecule has 19 heavy (non-hydrogen) atoms. The van der Waals surface area contributed by atoms with E-state index in [0.29, 0.717) is 0 Å². The molecule has 98 valence electrons. The Morgan fingerprint density at radius 3 is 2.11 bits per heavy atom. The Hall–Kier alpha value is -2.43. The Kier molecular flexibility index (Phi) is 3.21. The summed E-state index contributed by atoms with van der Waals surface area (Å²) in [4.78, 5) is 21.7. The second kappa shape index (κ2) is 4.68. The maximum atomic E-state index is 11.4. The van der Waals surface area contributed by atoms with E-state index >= 15 is 0 Å². The van der Waals surface area contributed by atoms with Crippen molar-refractivity contribution in [1.29, 1.82) is 0 Å². The molecular weight excluding hydrogens is 244 g/mol. The summed E-state index contributed by atoms with van der Waals surface area (Å²) in [6, 6.07) is 7.81. The minimum atomic E-state index is -0.415. The van der Waals surface area contributed by atoms with Gasteiger partial charge in [0.15, 0.2) is 5.43 Å². The molecule has 0 saturated heterocycles. The van der Waals surface area contributed by atoms with E-state index in [1.807, 2.05) is 25.3 Å². The van der Waals surface area contributed by atoms with E-state index in [0.717, 1.165) is 22.6 Å².